The summed E-state index contributed by atoms with van der Waals surface area (Å²) in [5.41, 5.74) is 6.41. The van der Waals surface area contributed by atoms with Gasteiger partial charge < -0.3 is 5.73 Å². The van der Waals surface area contributed by atoms with E-state index in [9.17, 15) is 0 Å². The summed E-state index contributed by atoms with van der Waals surface area (Å²) in [6, 6.07) is -0.109. The minimum absolute atomic E-state index is 0.109. The lowest BCUT2D eigenvalue weighted by atomic mass is 10.3. The molecule has 0 aliphatic rings. The van der Waals surface area contributed by atoms with Gasteiger partial charge in [0.15, 0.2) is 11.5 Å². The highest BCUT2D eigenvalue weighted by molar-refractivity contribution is 5.34. The van der Waals surface area contributed by atoms with E-state index in [2.05, 4.69) is 15.2 Å². The Morgan fingerprint density at radius 2 is 2.33 bits per heavy atom. The molecule has 0 amide bonds. The Morgan fingerprint density at radius 1 is 1.50 bits per heavy atom. The van der Waals surface area contributed by atoms with Crippen LogP contribution in [0.25, 0.3) is 5.65 Å². The third-order valence-electron chi connectivity index (χ3n) is 1.65. The average Bonchev–Trinajstić information content (AvgIpc) is 2.47. The molecule has 0 bridgehead atoms. The van der Waals surface area contributed by atoms with E-state index in [1.807, 2.05) is 11.3 Å². The molecular formula is C7H9N5. The zero-order chi connectivity index (χ0) is 8.55. The topological polar surface area (TPSA) is 69.1 Å². The van der Waals surface area contributed by atoms with Crippen molar-refractivity contribution in [3.05, 3.63) is 24.4 Å². The van der Waals surface area contributed by atoms with Crippen molar-refractivity contribution < 1.29 is 0 Å². The van der Waals surface area contributed by atoms with Gasteiger partial charge in [-0.25, -0.2) is 0 Å². The molecule has 2 aromatic heterocycles. The lowest BCUT2D eigenvalue weighted by Gasteiger charge is -2.00. The van der Waals surface area contributed by atoms with E-state index in [0.717, 1.165) is 11.5 Å². The number of aromatic nitrogens is 4. The lowest BCUT2D eigenvalue weighted by molar-refractivity contribution is 0.726. The van der Waals surface area contributed by atoms with Crippen molar-refractivity contribution in [3.8, 4) is 0 Å². The summed E-state index contributed by atoms with van der Waals surface area (Å²) in [4.78, 5) is 3.92. The van der Waals surface area contributed by atoms with Crippen LogP contribution in [0.4, 0.5) is 0 Å². The van der Waals surface area contributed by atoms with Crippen LogP contribution >= 0.6 is 0 Å². The number of nitrogens with zero attached hydrogens (tertiary/aromatic N) is 4. The zero-order valence-corrected chi connectivity index (χ0v) is 6.68. The van der Waals surface area contributed by atoms with Crippen LogP contribution in [0.5, 0.6) is 0 Å². The van der Waals surface area contributed by atoms with Crippen LogP contribution in [-0.2, 0) is 0 Å². The zero-order valence-electron chi connectivity index (χ0n) is 6.68. The maximum absolute atomic E-state index is 5.68. The molecule has 0 saturated heterocycles. The molecule has 2 heterocycles. The first kappa shape index (κ1) is 7.17. The molecule has 0 saturated carbocycles. The van der Waals surface area contributed by atoms with Crippen molar-refractivity contribution in [3.63, 3.8) is 0 Å². The number of nitrogens with two attached hydrogens (primary N) is 1. The van der Waals surface area contributed by atoms with Gasteiger partial charge in [-0.2, -0.15) is 0 Å². The van der Waals surface area contributed by atoms with Crippen LogP contribution in [-0.4, -0.2) is 19.6 Å². The molecule has 2 rings (SSSR count). The number of rotatable bonds is 1. The summed E-state index contributed by atoms with van der Waals surface area (Å²) >= 11 is 0. The molecule has 2 aromatic rings. The van der Waals surface area contributed by atoms with Crippen LogP contribution in [0, 0.1) is 0 Å². The van der Waals surface area contributed by atoms with E-state index in [1.54, 1.807) is 18.6 Å². The van der Waals surface area contributed by atoms with Gasteiger partial charge in [-0.1, -0.05) is 0 Å². The molecule has 12 heavy (non-hydrogen) atoms. The van der Waals surface area contributed by atoms with E-state index in [0.29, 0.717) is 0 Å². The van der Waals surface area contributed by atoms with Crippen molar-refractivity contribution >= 4 is 5.65 Å². The van der Waals surface area contributed by atoms with Gasteiger partial charge in [-0.05, 0) is 6.92 Å². The van der Waals surface area contributed by atoms with Crippen molar-refractivity contribution in [2.75, 3.05) is 0 Å². The second-order valence-corrected chi connectivity index (χ2v) is 2.65. The SMILES string of the molecule is C[C@@H](N)c1nnc2cnccn12. The maximum atomic E-state index is 5.68. The minimum Gasteiger partial charge on any atom is -0.322 e. The second kappa shape index (κ2) is 2.53. The summed E-state index contributed by atoms with van der Waals surface area (Å²) in [6.07, 6.45) is 5.13. The first-order chi connectivity index (χ1) is 5.79. The maximum Gasteiger partial charge on any atom is 0.179 e. The molecular weight excluding hydrogens is 154 g/mol. The van der Waals surface area contributed by atoms with E-state index < -0.39 is 0 Å². The van der Waals surface area contributed by atoms with Crippen LogP contribution in [0.2, 0.25) is 0 Å². The van der Waals surface area contributed by atoms with Gasteiger partial charge in [-0.15, -0.1) is 10.2 Å². The summed E-state index contributed by atoms with van der Waals surface area (Å²) in [5, 5.41) is 7.85. The Balaban J connectivity index is 2.70. The molecule has 0 aliphatic heterocycles. The molecule has 0 aromatic carbocycles. The van der Waals surface area contributed by atoms with Gasteiger partial charge in [0.25, 0.3) is 0 Å². The fourth-order valence-corrected chi connectivity index (χ4v) is 1.08. The minimum atomic E-state index is -0.109. The fraction of sp³-hybridized carbons (Fsp3) is 0.286. The van der Waals surface area contributed by atoms with E-state index in [1.165, 1.54) is 0 Å². The molecule has 0 radical (unpaired) electrons. The third kappa shape index (κ3) is 0.947. The molecule has 1 atom stereocenters. The third-order valence-corrected chi connectivity index (χ3v) is 1.65. The predicted octanol–water partition coefficient (Wildman–Crippen LogP) is 0.144. The van der Waals surface area contributed by atoms with Gasteiger partial charge >= 0.3 is 0 Å². The summed E-state index contributed by atoms with van der Waals surface area (Å²) < 4.78 is 1.83. The Bertz CT molecular complexity index is 391. The average molecular weight is 163 g/mol. The van der Waals surface area contributed by atoms with Crippen molar-refractivity contribution in [2.24, 2.45) is 5.73 Å². The number of fused-ring (bicyclic) bond motifs is 1. The summed E-state index contributed by atoms with van der Waals surface area (Å²) in [6.45, 7) is 1.87. The molecule has 5 heteroatoms. The van der Waals surface area contributed by atoms with Crippen LogP contribution in [0.15, 0.2) is 18.6 Å². The van der Waals surface area contributed by atoms with Gasteiger partial charge in [0, 0.05) is 12.4 Å². The van der Waals surface area contributed by atoms with E-state index >= 15 is 0 Å². The normalized spacial score (nSPS) is 13.5. The van der Waals surface area contributed by atoms with E-state index in [4.69, 9.17) is 5.73 Å². The van der Waals surface area contributed by atoms with Crippen molar-refractivity contribution in [1.29, 1.82) is 0 Å². The summed E-state index contributed by atoms with van der Waals surface area (Å²) in [5.74, 6) is 0.757. The quantitative estimate of drug-likeness (QED) is 0.649. The van der Waals surface area contributed by atoms with Crippen LogP contribution in [0.1, 0.15) is 18.8 Å². The predicted molar refractivity (Wildman–Crippen MR) is 43.4 cm³/mol. The standard InChI is InChI=1S/C7H9N5/c1-5(8)7-11-10-6-4-9-2-3-12(6)7/h2-5H,8H2,1H3/t5-/m1/s1. The highest BCUT2D eigenvalue weighted by atomic mass is 15.3. The number of hydrogen-bond donors (Lipinski definition) is 1. The smallest absolute Gasteiger partial charge is 0.179 e. The van der Waals surface area contributed by atoms with Crippen LogP contribution < -0.4 is 5.73 Å². The van der Waals surface area contributed by atoms with Gasteiger partial charge in [0.1, 0.15) is 0 Å². The Kier molecular flexibility index (Phi) is 1.51. The Hall–Kier alpha value is -1.49. The highest BCUT2D eigenvalue weighted by Gasteiger charge is 2.07. The molecule has 0 spiro atoms. The summed E-state index contributed by atoms with van der Waals surface area (Å²) in [7, 11) is 0. The monoisotopic (exact) mass is 163 g/mol. The Labute approximate surface area is 69.2 Å². The number of hydrogen-bond acceptors (Lipinski definition) is 4. The van der Waals surface area contributed by atoms with Gasteiger partial charge in [0.2, 0.25) is 0 Å². The molecule has 0 aliphatic carbocycles. The molecule has 0 fully saturated rings. The fourth-order valence-electron chi connectivity index (χ4n) is 1.08. The molecule has 5 nitrogen and oxygen atoms in total. The van der Waals surface area contributed by atoms with Gasteiger partial charge in [-0.3, -0.25) is 9.38 Å². The van der Waals surface area contributed by atoms with Crippen molar-refractivity contribution in [1.82, 2.24) is 19.6 Å². The van der Waals surface area contributed by atoms with Crippen LogP contribution in [0.3, 0.4) is 0 Å². The highest BCUT2D eigenvalue weighted by Crippen LogP contribution is 2.07. The molecule has 2 N–H and O–H groups in total. The van der Waals surface area contributed by atoms with E-state index in [-0.39, 0.29) is 6.04 Å². The lowest BCUT2D eigenvalue weighted by Crippen LogP contribution is -2.09. The first-order valence-electron chi connectivity index (χ1n) is 3.69. The second-order valence-electron chi connectivity index (χ2n) is 2.65. The molecule has 0 unspecified atom stereocenters. The Morgan fingerprint density at radius 3 is 3.08 bits per heavy atom. The van der Waals surface area contributed by atoms with Gasteiger partial charge in [0.05, 0.1) is 12.2 Å². The first-order valence-corrected chi connectivity index (χ1v) is 3.69. The van der Waals surface area contributed by atoms with Crippen molar-refractivity contribution in [2.45, 2.75) is 13.0 Å². The largest absolute Gasteiger partial charge is 0.322 e. The molecule has 62 valence electrons.